The van der Waals surface area contributed by atoms with Crippen molar-refractivity contribution in [2.45, 2.75) is 18.9 Å². The van der Waals surface area contributed by atoms with E-state index < -0.39 is 0 Å². The maximum atomic E-state index is 9.06. The Morgan fingerprint density at radius 3 is 2.07 bits per heavy atom. The average molecular weight is 342 g/mol. The van der Waals surface area contributed by atoms with Crippen LogP contribution in [0.15, 0.2) is 24.3 Å². The van der Waals surface area contributed by atoms with Gasteiger partial charge >= 0.3 is 0 Å². The van der Waals surface area contributed by atoms with Gasteiger partial charge in [0.25, 0.3) is 0 Å². The number of phenolic OH excluding ortho intramolecular Hbond substituents is 1. The normalized spacial score (nSPS) is 13.3. The maximum absolute atomic E-state index is 9.06. The molecule has 5 heteroatoms. The predicted molar refractivity (Wildman–Crippen MR) is 74.1 cm³/mol. The van der Waals surface area contributed by atoms with E-state index in [1.54, 1.807) is 12.1 Å². The minimum atomic E-state index is -0.364. The van der Waals surface area contributed by atoms with E-state index in [-0.39, 0.29) is 45.3 Å². The summed E-state index contributed by atoms with van der Waals surface area (Å²) in [6.07, 6.45) is 0.726. The van der Waals surface area contributed by atoms with Crippen LogP contribution in [-0.4, -0.2) is 17.2 Å². The summed E-state index contributed by atoms with van der Waals surface area (Å²) in [4.78, 5) is 0. The Bertz CT molecular complexity index is 275. The number of phenols is 1. The summed E-state index contributed by atoms with van der Waals surface area (Å²) in [5, 5.41) is 9.06. The van der Waals surface area contributed by atoms with Crippen molar-refractivity contribution >= 4 is 34.0 Å². The number of halogens is 2. The second kappa shape index (κ2) is 7.22. The molecular weight excluding hydrogens is 324 g/mol. The van der Waals surface area contributed by atoms with Crippen molar-refractivity contribution in [3.05, 3.63) is 29.8 Å². The molecule has 0 aliphatic carbocycles. The Morgan fingerprint density at radius 1 is 1.20 bits per heavy atom. The molecular formula is C10H18Br2N2O. The Labute approximate surface area is 111 Å². The Balaban J connectivity index is 0. The Kier molecular flexibility index (Phi) is 8.33. The van der Waals surface area contributed by atoms with E-state index in [2.05, 4.69) is 0 Å². The van der Waals surface area contributed by atoms with Gasteiger partial charge in [0, 0.05) is 12.1 Å². The third-order valence-electron chi connectivity index (χ3n) is 2.01. The molecule has 0 aliphatic rings. The summed E-state index contributed by atoms with van der Waals surface area (Å²) in [6.45, 7) is 2.37. The fourth-order valence-corrected chi connectivity index (χ4v) is 1.15. The van der Waals surface area contributed by atoms with Gasteiger partial charge in [-0.2, -0.15) is 0 Å². The van der Waals surface area contributed by atoms with Gasteiger partial charge in [-0.25, -0.2) is 0 Å². The van der Waals surface area contributed by atoms with Crippen LogP contribution in [-0.2, 0) is 6.42 Å². The summed E-state index contributed by atoms with van der Waals surface area (Å²) < 4.78 is 0. The zero-order chi connectivity index (χ0) is 9.90. The molecule has 0 aromatic heterocycles. The van der Waals surface area contributed by atoms with Gasteiger partial charge in [-0.1, -0.05) is 12.1 Å². The molecule has 1 rings (SSSR count). The van der Waals surface area contributed by atoms with E-state index in [0.717, 1.165) is 12.0 Å². The van der Waals surface area contributed by atoms with Crippen molar-refractivity contribution in [2.75, 3.05) is 6.54 Å². The van der Waals surface area contributed by atoms with Crippen molar-refractivity contribution in [3.63, 3.8) is 0 Å². The van der Waals surface area contributed by atoms with Crippen LogP contribution in [0.25, 0.3) is 0 Å². The monoisotopic (exact) mass is 340 g/mol. The van der Waals surface area contributed by atoms with Crippen molar-refractivity contribution < 1.29 is 5.11 Å². The second-order valence-electron chi connectivity index (χ2n) is 3.70. The number of aromatic hydroxyl groups is 1. The number of hydrogen-bond donors (Lipinski definition) is 3. The first-order valence-corrected chi connectivity index (χ1v) is 4.30. The fourth-order valence-electron chi connectivity index (χ4n) is 1.15. The van der Waals surface area contributed by atoms with Crippen LogP contribution in [0.5, 0.6) is 5.75 Å². The summed E-state index contributed by atoms with van der Waals surface area (Å²) in [7, 11) is 0. The van der Waals surface area contributed by atoms with Crippen LogP contribution in [0.1, 0.15) is 12.5 Å². The minimum absolute atomic E-state index is 0. The first-order valence-electron chi connectivity index (χ1n) is 4.30. The van der Waals surface area contributed by atoms with E-state index in [0.29, 0.717) is 6.54 Å². The smallest absolute Gasteiger partial charge is 0.115 e. The van der Waals surface area contributed by atoms with Crippen LogP contribution in [0.2, 0.25) is 0 Å². The summed E-state index contributed by atoms with van der Waals surface area (Å²) in [5.41, 5.74) is 12.1. The fraction of sp³-hybridized carbons (Fsp3) is 0.400. The van der Waals surface area contributed by atoms with Gasteiger partial charge in [0.2, 0.25) is 0 Å². The molecule has 1 aromatic rings. The molecule has 0 spiro atoms. The van der Waals surface area contributed by atoms with Gasteiger partial charge in [0.05, 0.1) is 0 Å². The largest absolute Gasteiger partial charge is 0.508 e. The van der Waals surface area contributed by atoms with Crippen molar-refractivity contribution in [1.82, 2.24) is 0 Å². The highest BCUT2D eigenvalue weighted by Gasteiger charge is 2.16. The van der Waals surface area contributed by atoms with E-state index in [4.69, 9.17) is 16.6 Å². The standard InChI is InChI=1S/C10H16N2O.2BrH/c1-10(12,7-11)6-8-2-4-9(13)5-3-8;;/h2-5,13H,6-7,11-12H2,1H3;2*1H. The topological polar surface area (TPSA) is 72.3 Å². The van der Waals surface area contributed by atoms with Crippen molar-refractivity contribution in [1.29, 1.82) is 0 Å². The zero-order valence-electron chi connectivity index (χ0n) is 8.64. The lowest BCUT2D eigenvalue weighted by atomic mass is 9.94. The van der Waals surface area contributed by atoms with Crippen molar-refractivity contribution in [3.8, 4) is 5.75 Å². The SMILES string of the molecule is Br.Br.CC(N)(CN)Cc1ccc(O)cc1. The van der Waals surface area contributed by atoms with Gasteiger partial charge in [0.15, 0.2) is 0 Å². The zero-order valence-corrected chi connectivity index (χ0v) is 12.1. The van der Waals surface area contributed by atoms with Gasteiger partial charge in [-0.05, 0) is 31.0 Å². The van der Waals surface area contributed by atoms with Crippen LogP contribution in [0, 0.1) is 0 Å². The van der Waals surface area contributed by atoms with E-state index >= 15 is 0 Å². The summed E-state index contributed by atoms with van der Waals surface area (Å²) in [5.74, 6) is 0.273. The van der Waals surface area contributed by atoms with Gasteiger partial charge < -0.3 is 16.6 Å². The molecule has 0 saturated heterocycles. The molecule has 15 heavy (non-hydrogen) atoms. The number of benzene rings is 1. The van der Waals surface area contributed by atoms with Gasteiger partial charge in [0.1, 0.15) is 5.75 Å². The molecule has 0 saturated carbocycles. The highest BCUT2D eigenvalue weighted by molar-refractivity contribution is 8.93. The summed E-state index contributed by atoms with van der Waals surface area (Å²) >= 11 is 0. The molecule has 5 N–H and O–H groups in total. The van der Waals surface area contributed by atoms with Gasteiger partial charge in [-0.3, -0.25) is 0 Å². The molecule has 1 atom stereocenters. The number of rotatable bonds is 3. The predicted octanol–water partition coefficient (Wildman–Crippen LogP) is 1.77. The van der Waals surface area contributed by atoms with Crippen LogP contribution < -0.4 is 11.5 Å². The van der Waals surface area contributed by atoms with Crippen molar-refractivity contribution in [2.24, 2.45) is 11.5 Å². The molecule has 88 valence electrons. The lowest BCUT2D eigenvalue weighted by Crippen LogP contribution is -2.45. The molecule has 0 fully saturated rings. The number of hydrogen-bond acceptors (Lipinski definition) is 3. The maximum Gasteiger partial charge on any atom is 0.115 e. The first-order chi connectivity index (χ1) is 6.03. The van der Waals surface area contributed by atoms with Gasteiger partial charge in [-0.15, -0.1) is 34.0 Å². The molecule has 0 heterocycles. The molecule has 3 nitrogen and oxygen atoms in total. The van der Waals surface area contributed by atoms with E-state index in [9.17, 15) is 0 Å². The highest BCUT2D eigenvalue weighted by Crippen LogP contribution is 2.13. The molecule has 0 amide bonds. The molecule has 0 radical (unpaired) electrons. The first kappa shape index (κ1) is 17.3. The van der Waals surface area contributed by atoms with Crippen LogP contribution in [0.3, 0.4) is 0 Å². The minimum Gasteiger partial charge on any atom is -0.508 e. The molecule has 1 unspecified atom stereocenters. The molecule has 0 bridgehead atoms. The highest BCUT2D eigenvalue weighted by atomic mass is 79.9. The lowest BCUT2D eigenvalue weighted by molar-refractivity contribution is 0.469. The number of nitrogens with two attached hydrogens (primary N) is 2. The average Bonchev–Trinajstić information content (AvgIpc) is 2.09. The quantitative estimate of drug-likeness (QED) is 0.784. The summed E-state index contributed by atoms with van der Waals surface area (Å²) in [6, 6.07) is 7.02. The molecule has 1 aromatic carbocycles. The Hall–Kier alpha value is -0.100. The third kappa shape index (κ3) is 6.14. The van der Waals surface area contributed by atoms with Crippen LogP contribution in [0.4, 0.5) is 0 Å². The second-order valence-corrected chi connectivity index (χ2v) is 3.70. The Morgan fingerprint density at radius 2 is 1.67 bits per heavy atom. The third-order valence-corrected chi connectivity index (χ3v) is 2.01. The van der Waals surface area contributed by atoms with Crippen LogP contribution >= 0.6 is 34.0 Å². The van der Waals surface area contributed by atoms with E-state index in [1.165, 1.54) is 0 Å². The van der Waals surface area contributed by atoms with E-state index in [1.807, 2.05) is 19.1 Å². The lowest BCUT2D eigenvalue weighted by Gasteiger charge is -2.22. The molecule has 0 aliphatic heterocycles.